The van der Waals surface area contributed by atoms with Gasteiger partial charge >= 0.3 is 5.97 Å². The van der Waals surface area contributed by atoms with Crippen molar-refractivity contribution in [1.82, 2.24) is 4.98 Å². The number of carbonyl (C=O) groups excluding carboxylic acids is 3. The Morgan fingerprint density at radius 2 is 1.78 bits per heavy atom. The summed E-state index contributed by atoms with van der Waals surface area (Å²) in [5.74, 6) is -0.713. The summed E-state index contributed by atoms with van der Waals surface area (Å²) in [6, 6.07) is 21.0. The molecular weight excluding hydrogens is 506 g/mol. The lowest BCUT2D eigenvalue weighted by atomic mass is 10.1. The molecule has 0 radical (unpaired) electrons. The van der Waals surface area contributed by atoms with Crippen LogP contribution in [0.1, 0.15) is 36.3 Å². The number of hydrogen-bond donors (Lipinski definition) is 2. The average Bonchev–Trinajstić information content (AvgIpc) is 3.33. The molecule has 2 N–H and O–H groups in total. The molecule has 4 rings (SSSR count). The molecule has 1 atom stereocenters. The summed E-state index contributed by atoms with van der Waals surface area (Å²) in [7, 11) is 0. The van der Waals surface area contributed by atoms with Crippen LogP contribution in [0.15, 0.2) is 77.0 Å². The number of fused-ring (bicyclic) bond motifs is 1. The van der Waals surface area contributed by atoms with Gasteiger partial charge in [0.05, 0.1) is 24.0 Å². The standard InChI is InChI=1S/C28H27N3O4S2/c1-3-24(27(34)31-28-30-22(17-36-28)16-25(32)35-4-2)37-23-11-7-10-21(15-23)29-26(33)20-13-12-18-8-5-6-9-19(18)14-20/h5-15,17,24H,3-4,16H2,1-2H3,(H,29,33)(H,30,31,34). The largest absolute Gasteiger partial charge is 0.466 e. The molecule has 9 heteroatoms. The number of anilines is 2. The minimum atomic E-state index is -0.358. The molecule has 0 fully saturated rings. The lowest BCUT2D eigenvalue weighted by Crippen LogP contribution is -2.24. The third-order valence-electron chi connectivity index (χ3n) is 5.46. The third kappa shape index (κ3) is 7.18. The van der Waals surface area contributed by atoms with Crippen LogP contribution >= 0.6 is 23.1 Å². The minimum Gasteiger partial charge on any atom is -0.466 e. The molecule has 1 aromatic heterocycles. The molecule has 190 valence electrons. The number of thiazole rings is 1. The van der Waals surface area contributed by atoms with Gasteiger partial charge < -0.3 is 15.4 Å². The fourth-order valence-electron chi connectivity index (χ4n) is 3.66. The zero-order valence-electron chi connectivity index (χ0n) is 20.5. The van der Waals surface area contributed by atoms with Gasteiger partial charge in [0.15, 0.2) is 5.13 Å². The fourth-order valence-corrected chi connectivity index (χ4v) is 5.39. The van der Waals surface area contributed by atoms with Crippen molar-refractivity contribution in [1.29, 1.82) is 0 Å². The number of thioether (sulfide) groups is 1. The monoisotopic (exact) mass is 533 g/mol. The summed E-state index contributed by atoms with van der Waals surface area (Å²) in [5.41, 5.74) is 1.80. The van der Waals surface area contributed by atoms with Crippen LogP contribution in [-0.4, -0.2) is 34.6 Å². The summed E-state index contributed by atoms with van der Waals surface area (Å²) < 4.78 is 4.94. The Morgan fingerprint density at radius 3 is 2.57 bits per heavy atom. The Bertz CT molecular complexity index is 1420. The second-order valence-electron chi connectivity index (χ2n) is 8.17. The van der Waals surface area contributed by atoms with E-state index in [9.17, 15) is 14.4 Å². The third-order valence-corrected chi connectivity index (χ3v) is 7.62. The zero-order valence-corrected chi connectivity index (χ0v) is 22.2. The molecule has 0 aliphatic carbocycles. The van der Waals surface area contributed by atoms with E-state index in [0.29, 0.717) is 35.1 Å². The molecule has 3 aromatic carbocycles. The Morgan fingerprint density at radius 1 is 0.973 bits per heavy atom. The Kier molecular flexibility index (Phi) is 8.92. The normalized spacial score (nSPS) is 11.6. The molecule has 0 spiro atoms. The zero-order chi connectivity index (χ0) is 26.2. The van der Waals surface area contributed by atoms with Gasteiger partial charge in [-0.1, -0.05) is 43.3 Å². The summed E-state index contributed by atoms with van der Waals surface area (Å²) in [5, 5.41) is 9.71. The van der Waals surface area contributed by atoms with E-state index in [4.69, 9.17) is 4.74 Å². The Hall–Kier alpha value is -3.69. The van der Waals surface area contributed by atoms with Gasteiger partial charge in [0.25, 0.3) is 5.91 Å². The van der Waals surface area contributed by atoms with Gasteiger partial charge in [0, 0.05) is 21.5 Å². The number of nitrogens with one attached hydrogen (secondary N) is 2. The number of amides is 2. The van der Waals surface area contributed by atoms with E-state index in [1.54, 1.807) is 12.3 Å². The van der Waals surface area contributed by atoms with Gasteiger partial charge in [-0.05, 0) is 54.4 Å². The van der Waals surface area contributed by atoms with Gasteiger partial charge in [0.1, 0.15) is 0 Å². The predicted octanol–water partition coefficient (Wildman–Crippen LogP) is 6.16. The first-order chi connectivity index (χ1) is 17.9. The highest BCUT2D eigenvalue weighted by Gasteiger charge is 2.20. The quantitative estimate of drug-likeness (QED) is 0.187. The van der Waals surface area contributed by atoms with Gasteiger partial charge in [-0.3, -0.25) is 14.4 Å². The molecule has 0 aliphatic heterocycles. The Labute approximate surface area is 223 Å². The molecule has 0 saturated heterocycles. The van der Waals surface area contributed by atoms with E-state index in [2.05, 4.69) is 15.6 Å². The topological polar surface area (TPSA) is 97.4 Å². The smallest absolute Gasteiger partial charge is 0.311 e. The highest BCUT2D eigenvalue weighted by atomic mass is 32.2. The highest BCUT2D eigenvalue weighted by Crippen LogP contribution is 2.29. The predicted molar refractivity (Wildman–Crippen MR) is 149 cm³/mol. The first kappa shape index (κ1) is 26.4. The van der Waals surface area contributed by atoms with Crippen LogP contribution in [0.4, 0.5) is 10.8 Å². The van der Waals surface area contributed by atoms with Crippen molar-refractivity contribution in [3.8, 4) is 0 Å². The van der Waals surface area contributed by atoms with Crippen molar-refractivity contribution >= 4 is 62.5 Å². The van der Waals surface area contributed by atoms with Gasteiger partial charge in [-0.2, -0.15) is 0 Å². The summed E-state index contributed by atoms with van der Waals surface area (Å²) >= 11 is 2.69. The summed E-state index contributed by atoms with van der Waals surface area (Å²) in [6.45, 7) is 4.01. The van der Waals surface area contributed by atoms with E-state index in [-0.39, 0.29) is 29.5 Å². The van der Waals surface area contributed by atoms with Gasteiger partial charge in [-0.25, -0.2) is 4.98 Å². The van der Waals surface area contributed by atoms with Crippen LogP contribution in [0.3, 0.4) is 0 Å². The molecule has 0 saturated carbocycles. The second kappa shape index (κ2) is 12.5. The number of aromatic nitrogens is 1. The van der Waals surface area contributed by atoms with Crippen molar-refractivity contribution in [2.45, 2.75) is 36.8 Å². The molecule has 7 nitrogen and oxygen atoms in total. The lowest BCUT2D eigenvalue weighted by Gasteiger charge is -2.14. The van der Waals surface area contributed by atoms with Crippen molar-refractivity contribution in [2.75, 3.05) is 17.2 Å². The van der Waals surface area contributed by atoms with E-state index < -0.39 is 0 Å². The average molecular weight is 534 g/mol. The molecule has 0 aliphatic rings. The SMILES string of the molecule is CCOC(=O)Cc1csc(NC(=O)C(CC)Sc2cccc(NC(=O)c3ccc4ccccc4c3)c2)n1. The number of hydrogen-bond acceptors (Lipinski definition) is 7. The molecule has 1 heterocycles. The van der Waals surface area contributed by atoms with Crippen molar-refractivity contribution in [3.05, 3.63) is 83.4 Å². The van der Waals surface area contributed by atoms with Crippen molar-refractivity contribution < 1.29 is 19.1 Å². The lowest BCUT2D eigenvalue weighted by molar-refractivity contribution is -0.142. The number of rotatable bonds is 10. The molecule has 1 unspecified atom stereocenters. The molecule has 2 amide bonds. The van der Waals surface area contributed by atoms with Gasteiger partial charge in [0.2, 0.25) is 5.91 Å². The number of benzene rings is 3. The summed E-state index contributed by atoms with van der Waals surface area (Å²) in [6.07, 6.45) is 0.676. The van der Waals surface area contributed by atoms with Crippen LogP contribution in [0.25, 0.3) is 10.8 Å². The van der Waals surface area contributed by atoms with E-state index in [1.165, 1.54) is 23.1 Å². The van der Waals surface area contributed by atoms with Crippen LogP contribution in [0.5, 0.6) is 0 Å². The number of ether oxygens (including phenoxy) is 1. The van der Waals surface area contributed by atoms with Crippen LogP contribution < -0.4 is 10.6 Å². The second-order valence-corrected chi connectivity index (χ2v) is 10.3. The molecular formula is C28H27N3O4S2. The van der Waals surface area contributed by atoms with Crippen LogP contribution in [0.2, 0.25) is 0 Å². The van der Waals surface area contributed by atoms with E-state index in [1.807, 2.05) is 73.7 Å². The maximum absolute atomic E-state index is 12.9. The number of nitrogens with zero attached hydrogens (tertiary/aromatic N) is 1. The molecule has 4 aromatic rings. The van der Waals surface area contributed by atoms with Crippen molar-refractivity contribution in [3.63, 3.8) is 0 Å². The van der Waals surface area contributed by atoms with Crippen LogP contribution in [0, 0.1) is 0 Å². The minimum absolute atomic E-state index is 0.0733. The first-order valence-electron chi connectivity index (χ1n) is 11.9. The molecule has 37 heavy (non-hydrogen) atoms. The fraction of sp³-hybridized carbons (Fsp3) is 0.214. The maximum atomic E-state index is 12.9. The van der Waals surface area contributed by atoms with E-state index in [0.717, 1.165) is 15.7 Å². The van der Waals surface area contributed by atoms with E-state index >= 15 is 0 Å². The van der Waals surface area contributed by atoms with Crippen molar-refractivity contribution in [2.24, 2.45) is 0 Å². The highest BCUT2D eigenvalue weighted by molar-refractivity contribution is 8.00. The maximum Gasteiger partial charge on any atom is 0.311 e. The number of carbonyl (C=O) groups is 3. The van der Waals surface area contributed by atoms with Gasteiger partial charge in [-0.15, -0.1) is 23.1 Å². The van der Waals surface area contributed by atoms with Crippen LogP contribution in [-0.2, 0) is 20.7 Å². The summed E-state index contributed by atoms with van der Waals surface area (Å²) in [4.78, 5) is 42.6. The Balaban J connectivity index is 1.37. The molecule has 0 bridgehead atoms. The first-order valence-corrected chi connectivity index (χ1v) is 13.7. The number of esters is 1.